The summed E-state index contributed by atoms with van der Waals surface area (Å²) in [5.74, 6) is 2.79. The maximum Gasteiger partial charge on any atom is 0.164 e. The lowest BCUT2D eigenvalue weighted by Gasteiger charge is -2.16. The van der Waals surface area contributed by atoms with Crippen molar-refractivity contribution in [3.8, 4) is 67.5 Å². The zero-order chi connectivity index (χ0) is 37.8. The molecule has 0 aliphatic heterocycles. The summed E-state index contributed by atoms with van der Waals surface area (Å²) in [6.07, 6.45) is 10.8. The molecular weight excluding hydrogens is 687 g/mol. The van der Waals surface area contributed by atoms with Crippen LogP contribution in [0.2, 0.25) is 0 Å². The Morgan fingerprint density at radius 1 is 0.429 bits per heavy atom. The molecule has 7 heteroatoms. The molecule has 7 nitrogen and oxygen atoms in total. The summed E-state index contributed by atoms with van der Waals surface area (Å²) in [6, 6.07) is 47.7. The number of hydrogen-bond acceptors (Lipinski definition) is 7. The van der Waals surface area contributed by atoms with Crippen molar-refractivity contribution in [1.82, 2.24) is 34.9 Å². The standard InChI is InChI=1S/C49H37N7/c1-32-31-33(2)53-46(52-32)40-25-27-43(28-26-40)49-55-47(41-21-13-36(14-22-41)34-9-17-38(18-10-34)44-7-3-5-29-50-44)54-48(56-49)42-23-15-37(16-24-42)35-11-19-39(20-12-35)45-8-4-6-30-51-45/h3-25,27-31,40H,26H2,1-2H3/t40-/m1/s1. The quantitative estimate of drug-likeness (QED) is 0.154. The predicted octanol–water partition coefficient (Wildman–Crippen LogP) is 11.2. The minimum Gasteiger partial charge on any atom is -0.256 e. The van der Waals surface area contributed by atoms with Gasteiger partial charge in [0.05, 0.1) is 11.4 Å². The van der Waals surface area contributed by atoms with Gasteiger partial charge in [-0.3, -0.25) is 9.97 Å². The molecule has 268 valence electrons. The van der Waals surface area contributed by atoms with Crippen LogP contribution in [0, 0.1) is 13.8 Å². The van der Waals surface area contributed by atoms with E-state index < -0.39 is 0 Å². The smallest absolute Gasteiger partial charge is 0.164 e. The van der Waals surface area contributed by atoms with E-state index in [9.17, 15) is 0 Å². The van der Waals surface area contributed by atoms with E-state index in [-0.39, 0.29) is 5.92 Å². The van der Waals surface area contributed by atoms with Crippen LogP contribution < -0.4 is 0 Å². The highest BCUT2D eigenvalue weighted by Gasteiger charge is 2.19. The van der Waals surface area contributed by atoms with Gasteiger partial charge >= 0.3 is 0 Å². The van der Waals surface area contributed by atoms with Crippen LogP contribution in [0.25, 0.3) is 73.1 Å². The van der Waals surface area contributed by atoms with Gasteiger partial charge in [-0.25, -0.2) is 24.9 Å². The van der Waals surface area contributed by atoms with Crippen LogP contribution in [-0.2, 0) is 0 Å². The molecule has 9 rings (SSSR count). The number of aromatic nitrogens is 7. The van der Waals surface area contributed by atoms with Gasteiger partial charge in [-0.1, -0.05) is 127 Å². The van der Waals surface area contributed by atoms with Crippen LogP contribution in [0.3, 0.4) is 0 Å². The van der Waals surface area contributed by atoms with Crippen LogP contribution in [0.4, 0.5) is 0 Å². The van der Waals surface area contributed by atoms with Crippen LogP contribution in [-0.4, -0.2) is 34.9 Å². The average Bonchev–Trinajstić information content (AvgIpc) is 3.27. The third-order valence-corrected chi connectivity index (χ3v) is 9.97. The van der Waals surface area contributed by atoms with E-state index >= 15 is 0 Å². The van der Waals surface area contributed by atoms with Crippen LogP contribution in [0.1, 0.15) is 35.4 Å². The first kappa shape index (κ1) is 34.5. The molecule has 4 heterocycles. The molecule has 0 saturated heterocycles. The summed E-state index contributed by atoms with van der Waals surface area (Å²) in [7, 11) is 0. The highest BCUT2D eigenvalue weighted by atomic mass is 15.0. The number of allylic oxidation sites excluding steroid dienone is 4. The molecule has 1 atom stereocenters. The van der Waals surface area contributed by atoms with Crippen molar-refractivity contribution >= 4 is 5.57 Å². The van der Waals surface area contributed by atoms with Crippen molar-refractivity contribution in [2.75, 3.05) is 0 Å². The maximum absolute atomic E-state index is 5.04. The lowest BCUT2D eigenvalue weighted by atomic mass is 9.95. The number of aryl methyl sites for hydroxylation is 2. The molecule has 4 aromatic carbocycles. The number of hydrogen-bond donors (Lipinski definition) is 0. The Morgan fingerprint density at radius 3 is 1.23 bits per heavy atom. The summed E-state index contributed by atoms with van der Waals surface area (Å²) in [5.41, 5.74) is 13.3. The Balaban J connectivity index is 1.02. The third kappa shape index (κ3) is 7.43. The molecule has 0 fully saturated rings. The van der Waals surface area contributed by atoms with Crippen molar-refractivity contribution in [2.24, 2.45) is 0 Å². The zero-order valence-corrected chi connectivity index (χ0v) is 31.1. The second-order valence-electron chi connectivity index (χ2n) is 13.9. The molecule has 0 radical (unpaired) electrons. The molecule has 1 aliphatic carbocycles. The van der Waals surface area contributed by atoms with E-state index in [0.29, 0.717) is 17.5 Å². The van der Waals surface area contributed by atoms with Crippen LogP contribution in [0.5, 0.6) is 0 Å². The Labute approximate surface area is 326 Å². The largest absolute Gasteiger partial charge is 0.256 e. The van der Waals surface area contributed by atoms with E-state index in [1.807, 2.05) is 68.7 Å². The minimum atomic E-state index is 0.0919. The molecule has 8 aromatic rings. The Morgan fingerprint density at radius 2 is 0.839 bits per heavy atom. The van der Waals surface area contributed by atoms with Crippen LogP contribution >= 0.6 is 0 Å². The Bertz CT molecular complexity index is 2520. The van der Waals surface area contributed by atoms with Gasteiger partial charge in [0.2, 0.25) is 0 Å². The van der Waals surface area contributed by atoms with Crippen molar-refractivity contribution in [2.45, 2.75) is 26.2 Å². The van der Waals surface area contributed by atoms with Gasteiger partial charge in [-0.05, 0) is 72.9 Å². The summed E-state index contributed by atoms with van der Waals surface area (Å²) in [6.45, 7) is 4.02. The molecule has 0 saturated carbocycles. The number of benzene rings is 4. The lowest BCUT2D eigenvalue weighted by molar-refractivity contribution is 0.758. The van der Waals surface area contributed by atoms with E-state index in [4.69, 9.17) is 24.9 Å². The topological polar surface area (TPSA) is 90.2 Å². The normalized spacial score (nSPS) is 13.7. The molecule has 0 bridgehead atoms. The minimum absolute atomic E-state index is 0.0919. The first-order valence-electron chi connectivity index (χ1n) is 18.7. The van der Waals surface area contributed by atoms with E-state index in [1.165, 1.54) is 0 Å². The second-order valence-corrected chi connectivity index (χ2v) is 13.9. The maximum atomic E-state index is 5.04. The summed E-state index contributed by atoms with van der Waals surface area (Å²) in [5, 5.41) is 0. The molecule has 4 aromatic heterocycles. The molecule has 0 N–H and O–H groups in total. The van der Waals surface area contributed by atoms with Gasteiger partial charge in [-0.15, -0.1) is 0 Å². The number of nitrogens with zero attached hydrogens (tertiary/aromatic N) is 7. The van der Waals surface area contributed by atoms with Crippen molar-refractivity contribution in [3.05, 3.63) is 193 Å². The molecule has 0 amide bonds. The van der Waals surface area contributed by atoms with Crippen molar-refractivity contribution in [3.63, 3.8) is 0 Å². The van der Waals surface area contributed by atoms with Crippen molar-refractivity contribution < 1.29 is 0 Å². The van der Waals surface area contributed by atoms with Crippen LogP contribution in [0.15, 0.2) is 170 Å². The molecule has 56 heavy (non-hydrogen) atoms. The fourth-order valence-electron chi connectivity index (χ4n) is 7.02. The fraction of sp³-hybridized carbons (Fsp3) is 0.0816. The summed E-state index contributed by atoms with van der Waals surface area (Å²) >= 11 is 0. The number of pyridine rings is 2. The zero-order valence-electron chi connectivity index (χ0n) is 31.1. The first-order chi connectivity index (χ1) is 27.5. The van der Waals surface area contributed by atoms with Gasteiger partial charge in [0.15, 0.2) is 17.5 Å². The Hall–Kier alpha value is -7.25. The van der Waals surface area contributed by atoms with E-state index in [2.05, 4.69) is 125 Å². The monoisotopic (exact) mass is 723 g/mol. The van der Waals surface area contributed by atoms with E-state index in [0.717, 1.165) is 85.1 Å². The average molecular weight is 724 g/mol. The molecular formula is C49H37N7. The van der Waals surface area contributed by atoms with Crippen molar-refractivity contribution in [1.29, 1.82) is 0 Å². The second kappa shape index (κ2) is 15.2. The molecule has 1 aliphatic rings. The van der Waals surface area contributed by atoms with Gasteiger partial charge in [-0.2, -0.15) is 0 Å². The number of rotatable bonds is 8. The lowest BCUT2D eigenvalue weighted by Crippen LogP contribution is -2.08. The third-order valence-electron chi connectivity index (χ3n) is 9.97. The molecule has 0 spiro atoms. The predicted molar refractivity (Wildman–Crippen MR) is 224 cm³/mol. The van der Waals surface area contributed by atoms with Gasteiger partial charge in [0.1, 0.15) is 5.82 Å². The first-order valence-corrected chi connectivity index (χ1v) is 18.7. The van der Waals surface area contributed by atoms with Gasteiger partial charge in [0, 0.05) is 57.5 Å². The summed E-state index contributed by atoms with van der Waals surface area (Å²) < 4.78 is 0. The SMILES string of the molecule is Cc1cc(C)nc([C@@H]2C=CC(c3nc(-c4ccc(-c5ccc(-c6ccccn6)cc5)cc4)nc(-c4ccc(-c5ccc(-c6ccccn6)cc5)cc4)n3)=CC2)n1. The molecule has 0 unspecified atom stereocenters. The van der Waals surface area contributed by atoms with Gasteiger partial charge < -0.3 is 0 Å². The Kier molecular flexibility index (Phi) is 9.39. The summed E-state index contributed by atoms with van der Waals surface area (Å²) in [4.78, 5) is 33.5. The highest BCUT2D eigenvalue weighted by molar-refractivity contribution is 5.76. The van der Waals surface area contributed by atoms with E-state index in [1.54, 1.807) is 0 Å². The highest BCUT2D eigenvalue weighted by Crippen LogP contribution is 2.32. The fourth-order valence-corrected chi connectivity index (χ4v) is 7.02. The van der Waals surface area contributed by atoms with Gasteiger partial charge in [0.25, 0.3) is 0 Å².